The Kier molecular flexibility index (Phi) is 2.06. The Balaban J connectivity index is 2.80. The van der Waals surface area contributed by atoms with E-state index in [1.165, 1.54) is 18.9 Å². The minimum absolute atomic E-state index is 0.0818. The molecule has 0 atom stereocenters. The molecule has 1 N–H and O–H groups in total. The number of carboxylic acid groups (broad SMARTS) is 1. The van der Waals surface area contributed by atoms with Crippen LogP contribution in [0.1, 0.15) is 6.92 Å². The zero-order valence-corrected chi connectivity index (χ0v) is 7.03. The van der Waals surface area contributed by atoms with Crippen molar-refractivity contribution in [1.82, 2.24) is 4.90 Å². The standard InChI is InChI=1S/C7H11NO4/c1-5(9)8(2)7(6(10)11)3-12-4-7/h3-4H2,1-2H3,(H,10,11). The lowest BCUT2D eigenvalue weighted by Gasteiger charge is -2.43. The van der Waals surface area contributed by atoms with Crippen molar-refractivity contribution >= 4 is 11.9 Å². The van der Waals surface area contributed by atoms with Crippen molar-refractivity contribution in [3.63, 3.8) is 0 Å². The molecule has 0 aromatic heterocycles. The zero-order valence-electron chi connectivity index (χ0n) is 7.03. The lowest BCUT2D eigenvalue weighted by molar-refractivity contribution is -0.188. The molecule has 12 heavy (non-hydrogen) atoms. The molecule has 1 fully saturated rings. The van der Waals surface area contributed by atoms with E-state index in [1.54, 1.807) is 0 Å². The Hall–Kier alpha value is -1.10. The third-order valence-electron chi connectivity index (χ3n) is 2.19. The maximum Gasteiger partial charge on any atom is 0.334 e. The van der Waals surface area contributed by atoms with E-state index in [9.17, 15) is 9.59 Å². The molecule has 0 saturated carbocycles. The molecule has 5 heteroatoms. The first kappa shape index (κ1) is 8.99. The fourth-order valence-electron chi connectivity index (χ4n) is 1.06. The zero-order chi connectivity index (χ0) is 9.35. The van der Waals surface area contributed by atoms with Crippen molar-refractivity contribution in [2.24, 2.45) is 0 Å². The first-order chi connectivity index (χ1) is 5.50. The highest BCUT2D eigenvalue weighted by Crippen LogP contribution is 2.24. The summed E-state index contributed by atoms with van der Waals surface area (Å²) in [6.45, 7) is 1.50. The van der Waals surface area contributed by atoms with Crippen LogP contribution in [0.5, 0.6) is 0 Å². The quantitative estimate of drug-likeness (QED) is 0.600. The van der Waals surface area contributed by atoms with Gasteiger partial charge in [0.1, 0.15) is 0 Å². The number of carboxylic acids is 1. The number of amides is 1. The van der Waals surface area contributed by atoms with Gasteiger partial charge in [-0.1, -0.05) is 0 Å². The predicted molar refractivity (Wildman–Crippen MR) is 39.6 cm³/mol. The molecule has 0 aromatic carbocycles. The second-order valence-electron chi connectivity index (χ2n) is 2.91. The highest BCUT2D eigenvalue weighted by molar-refractivity contribution is 5.87. The van der Waals surface area contributed by atoms with Crippen LogP contribution in [0.2, 0.25) is 0 Å². The number of ether oxygens (including phenoxy) is 1. The van der Waals surface area contributed by atoms with E-state index >= 15 is 0 Å². The minimum atomic E-state index is -1.12. The maximum absolute atomic E-state index is 10.9. The van der Waals surface area contributed by atoms with Crippen molar-refractivity contribution in [3.05, 3.63) is 0 Å². The Labute approximate surface area is 69.9 Å². The van der Waals surface area contributed by atoms with Crippen LogP contribution in [0.4, 0.5) is 0 Å². The molecule has 1 rings (SSSR count). The van der Waals surface area contributed by atoms with Gasteiger partial charge in [-0.25, -0.2) is 4.79 Å². The van der Waals surface area contributed by atoms with E-state index < -0.39 is 11.5 Å². The van der Waals surface area contributed by atoms with Crippen LogP contribution in [0.15, 0.2) is 0 Å². The highest BCUT2D eigenvalue weighted by Gasteiger charge is 2.51. The molecule has 68 valence electrons. The summed E-state index contributed by atoms with van der Waals surface area (Å²) in [6.07, 6.45) is 0. The number of hydrogen-bond donors (Lipinski definition) is 1. The molecular formula is C7H11NO4. The van der Waals surface area contributed by atoms with E-state index in [2.05, 4.69) is 0 Å². The summed E-state index contributed by atoms with van der Waals surface area (Å²) >= 11 is 0. The average Bonchev–Trinajstić information content (AvgIpc) is 1.83. The van der Waals surface area contributed by atoms with Gasteiger partial charge in [-0.05, 0) is 0 Å². The lowest BCUT2D eigenvalue weighted by atomic mass is 9.96. The summed E-state index contributed by atoms with van der Waals surface area (Å²) in [6, 6.07) is 0. The molecule has 0 spiro atoms. The molecule has 5 nitrogen and oxygen atoms in total. The fourth-order valence-corrected chi connectivity index (χ4v) is 1.06. The predicted octanol–water partition coefficient (Wildman–Crippen LogP) is -0.682. The van der Waals surface area contributed by atoms with Gasteiger partial charge in [0.05, 0.1) is 13.2 Å². The molecule has 0 aromatic rings. The normalized spacial score (nSPS) is 19.5. The van der Waals surface area contributed by atoms with Gasteiger partial charge in [-0.15, -0.1) is 0 Å². The molecule has 1 saturated heterocycles. The first-order valence-corrected chi connectivity index (χ1v) is 3.56. The van der Waals surface area contributed by atoms with Crippen LogP contribution >= 0.6 is 0 Å². The fraction of sp³-hybridized carbons (Fsp3) is 0.714. The molecule has 0 aliphatic carbocycles. The van der Waals surface area contributed by atoms with Gasteiger partial charge in [-0.3, -0.25) is 4.79 Å². The van der Waals surface area contributed by atoms with Gasteiger partial charge in [0.15, 0.2) is 5.54 Å². The maximum atomic E-state index is 10.9. The van der Waals surface area contributed by atoms with Crippen molar-refractivity contribution in [3.8, 4) is 0 Å². The molecular weight excluding hydrogens is 162 g/mol. The van der Waals surface area contributed by atoms with Crippen LogP contribution in [0.25, 0.3) is 0 Å². The second-order valence-corrected chi connectivity index (χ2v) is 2.91. The number of hydrogen-bond acceptors (Lipinski definition) is 3. The van der Waals surface area contributed by atoms with E-state index in [4.69, 9.17) is 9.84 Å². The molecule has 1 aliphatic rings. The molecule has 1 heterocycles. The summed E-state index contributed by atoms with van der Waals surface area (Å²) in [5.74, 6) is -1.27. The number of nitrogens with zero attached hydrogens (tertiary/aromatic N) is 1. The van der Waals surface area contributed by atoms with Gasteiger partial charge in [-0.2, -0.15) is 0 Å². The van der Waals surface area contributed by atoms with Gasteiger partial charge in [0.25, 0.3) is 0 Å². The van der Waals surface area contributed by atoms with Crippen LogP contribution in [-0.4, -0.2) is 47.7 Å². The Morgan fingerprint density at radius 2 is 2.00 bits per heavy atom. The molecule has 0 radical (unpaired) electrons. The van der Waals surface area contributed by atoms with Crippen LogP contribution in [0.3, 0.4) is 0 Å². The molecule has 1 aliphatic heterocycles. The summed E-state index contributed by atoms with van der Waals surface area (Å²) in [7, 11) is 1.47. The summed E-state index contributed by atoms with van der Waals surface area (Å²) < 4.78 is 4.80. The third kappa shape index (κ3) is 1.06. The number of likely N-dealkylation sites (N-methyl/N-ethyl adjacent to an activating group) is 1. The summed E-state index contributed by atoms with van der Waals surface area (Å²) in [4.78, 5) is 22.9. The lowest BCUT2D eigenvalue weighted by Crippen LogP contribution is -2.67. The summed E-state index contributed by atoms with van der Waals surface area (Å²) in [5, 5.41) is 8.83. The minimum Gasteiger partial charge on any atom is -0.479 e. The number of carbonyl (C=O) groups excluding carboxylic acids is 1. The SMILES string of the molecule is CC(=O)N(C)C1(C(=O)O)COC1. The largest absolute Gasteiger partial charge is 0.479 e. The van der Waals surface area contributed by atoms with E-state index in [1.807, 2.05) is 0 Å². The number of aliphatic carboxylic acids is 1. The number of carbonyl (C=O) groups is 2. The highest BCUT2D eigenvalue weighted by atomic mass is 16.5. The Bertz CT molecular complexity index is 221. The van der Waals surface area contributed by atoms with Crippen LogP contribution in [-0.2, 0) is 14.3 Å². The van der Waals surface area contributed by atoms with Crippen molar-refractivity contribution < 1.29 is 19.4 Å². The smallest absolute Gasteiger partial charge is 0.334 e. The Morgan fingerprint density at radius 1 is 1.50 bits per heavy atom. The van der Waals surface area contributed by atoms with E-state index in [0.29, 0.717) is 0 Å². The van der Waals surface area contributed by atoms with E-state index in [0.717, 1.165) is 0 Å². The van der Waals surface area contributed by atoms with Crippen LogP contribution in [0, 0.1) is 0 Å². The van der Waals surface area contributed by atoms with Crippen molar-refractivity contribution in [2.45, 2.75) is 12.5 Å². The monoisotopic (exact) mass is 173 g/mol. The molecule has 0 bridgehead atoms. The summed E-state index contributed by atoms with van der Waals surface area (Å²) in [5.41, 5.74) is -1.12. The van der Waals surface area contributed by atoms with Crippen molar-refractivity contribution in [1.29, 1.82) is 0 Å². The van der Waals surface area contributed by atoms with Gasteiger partial charge < -0.3 is 14.7 Å². The average molecular weight is 173 g/mol. The van der Waals surface area contributed by atoms with Gasteiger partial charge in [0.2, 0.25) is 5.91 Å². The molecule has 0 unspecified atom stereocenters. The van der Waals surface area contributed by atoms with Crippen LogP contribution < -0.4 is 0 Å². The van der Waals surface area contributed by atoms with Gasteiger partial charge >= 0.3 is 5.97 Å². The van der Waals surface area contributed by atoms with Gasteiger partial charge in [0, 0.05) is 14.0 Å². The van der Waals surface area contributed by atoms with E-state index in [-0.39, 0.29) is 19.1 Å². The third-order valence-corrected chi connectivity index (χ3v) is 2.19. The number of rotatable bonds is 2. The first-order valence-electron chi connectivity index (χ1n) is 3.56. The second kappa shape index (κ2) is 2.75. The Morgan fingerprint density at radius 3 is 2.08 bits per heavy atom. The molecule has 1 amide bonds. The topological polar surface area (TPSA) is 66.8 Å². The van der Waals surface area contributed by atoms with Crippen molar-refractivity contribution in [2.75, 3.05) is 20.3 Å².